The number of alkyl carbamates (subject to hydrolysis) is 1. The third-order valence-electron chi connectivity index (χ3n) is 8.74. The van der Waals surface area contributed by atoms with Crippen LogP contribution in [0.4, 0.5) is 28.4 Å². The summed E-state index contributed by atoms with van der Waals surface area (Å²) in [7, 11) is 0. The van der Waals surface area contributed by atoms with Crippen molar-refractivity contribution in [1.29, 1.82) is 0 Å². The molecule has 5 rings (SSSR count). The van der Waals surface area contributed by atoms with Crippen LogP contribution in [0.5, 0.6) is 5.75 Å². The van der Waals surface area contributed by atoms with E-state index in [0.717, 1.165) is 35.9 Å². The molecule has 1 fully saturated rings. The van der Waals surface area contributed by atoms with Gasteiger partial charge in [0.2, 0.25) is 0 Å². The molecule has 1 aromatic heterocycles. The fourth-order valence-electron chi connectivity index (χ4n) is 5.96. The molecule has 0 aliphatic heterocycles. The van der Waals surface area contributed by atoms with Gasteiger partial charge in [-0.05, 0) is 120 Å². The molecule has 1 heterocycles. The predicted molar refractivity (Wildman–Crippen MR) is 210 cm³/mol. The SMILES string of the molecule is CCCCOc1ccc(C(c2cccc(NC(=O)c3cc(C(F)(F)F)nn3-c3cccc(CNC(=O)OC(C)(C)C)c3)c2)N(CC2CC2)C(=O)OC(C)(C)C)cc1. The average molecular weight is 792 g/mol. The first kappa shape index (κ1) is 42.6. The van der Waals surface area contributed by atoms with E-state index in [9.17, 15) is 27.6 Å². The van der Waals surface area contributed by atoms with E-state index in [2.05, 4.69) is 22.7 Å². The Morgan fingerprint density at radius 3 is 2.19 bits per heavy atom. The summed E-state index contributed by atoms with van der Waals surface area (Å²) in [6, 6.07) is 20.7. The third-order valence-corrected chi connectivity index (χ3v) is 8.74. The highest BCUT2D eigenvalue weighted by atomic mass is 19.4. The molecule has 3 amide bonds. The van der Waals surface area contributed by atoms with Crippen molar-refractivity contribution in [1.82, 2.24) is 20.0 Å². The average Bonchev–Trinajstić information content (AvgIpc) is 3.82. The zero-order valence-electron chi connectivity index (χ0n) is 33.5. The number of ether oxygens (including phenoxy) is 3. The second-order valence-electron chi connectivity index (χ2n) is 16.2. The Hall–Kier alpha value is -5.53. The van der Waals surface area contributed by atoms with Gasteiger partial charge in [-0.1, -0.05) is 49.7 Å². The number of benzene rings is 3. The normalized spacial score (nSPS) is 13.7. The van der Waals surface area contributed by atoms with Crippen LogP contribution in [0.3, 0.4) is 0 Å². The Kier molecular flexibility index (Phi) is 13.3. The third kappa shape index (κ3) is 12.5. The number of halogens is 3. The molecule has 1 unspecified atom stereocenters. The molecule has 0 radical (unpaired) electrons. The van der Waals surface area contributed by atoms with Crippen LogP contribution in [0.15, 0.2) is 78.9 Å². The smallest absolute Gasteiger partial charge is 0.435 e. The number of amides is 3. The van der Waals surface area contributed by atoms with Crippen molar-refractivity contribution in [3.63, 3.8) is 0 Å². The molecule has 0 saturated heterocycles. The van der Waals surface area contributed by atoms with Crippen LogP contribution in [-0.2, 0) is 22.2 Å². The van der Waals surface area contributed by atoms with E-state index in [1.165, 1.54) is 12.1 Å². The second-order valence-corrected chi connectivity index (χ2v) is 16.2. The lowest BCUT2D eigenvalue weighted by molar-refractivity contribution is -0.141. The quantitative estimate of drug-likeness (QED) is 0.122. The van der Waals surface area contributed by atoms with Crippen molar-refractivity contribution in [2.45, 2.75) is 104 Å². The van der Waals surface area contributed by atoms with Gasteiger partial charge in [-0.3, -0.25) is 9.69 Å². The van der Waals surface area contributed by atoms with E-state index < -0.39 is 47.2 Å². The van der Waals surface area contributed by atoms with Crippen molar-refractivity contribution < 1.29 is 41.8 Å². The van der Waals surface area contributed by atoms with Crippen LogP contribution in [0.2, 0.25) is 0 Å². The number of alkyl halides is 3. The van der Waals surface area contributed by atoms with E-state index in [1.54, 1.807) is 76.8 Å². The summed E-state index contributed by atoms with van der Waals surface area (Å²) in [6.45, 7) is 13.7. The van der Waals surface area contributed by atoms with Crippen molar-refractivity contribution >= 4 is 23.8 Å². The van der Waals surface area contributed by atoms with Gasteiger partial charge in [-0.25, -0.2) is 14.3 Å². The maximum Gasteiger partial charge on any atom is 0.435 e. The van der Waals surface area contributed by atoms with Gasteiger partial charge in [0.1, 0.15) is 22.6 Å². The number of nitrogens with one attached hydrogen (secondary N) is 2. The Morgan fingerprint density at radius 2 is 1.56 bits per heavy atom. The molecule has 4 aromatic rings. The zero-order valence-corrected chi connectivity index (χ0v) is 33.5. The van der Waals surface area contributed by atoms with Gasteiger partial charge in [-0.15, -0.1) is 0 Å². The molecule has 1 atom stereocenters. The molecule has 0 spiro atoms. The molecule has 57 heavy (non-hydrogen) atoms. The Morgan fingerprint density at radius 1 is 0.877 bits per heavy atom. The van der Waals surface area contributed by atoms with Gasteiger partial charge in [0.25, 0.3) is 5.91 Å². The zero-order chi connectivity index (χ0) is 41.5. The maximum atomic E-state index is 14.0. The predicted octanol–water partition coefficient (Wildman–Crippen LogP) is 10.1. The summed E-state index contributed by atoms with van der Waals surface area (Å²) in [5, 5.41) is 9.15. The van der Waals surface area contributed by atoms with Gasteiger partial charge in [0, 0.05) is 24.8 Å². The molecule has 11 nitrogen and oxygen atoms in total. The van der Waals surface area contributed by atoms with Gasteiger partial charge >= 0.3 is 18.4 Å². The van der Waals surface area contributed by atoms with Crippen LogP contribution in [0.25, 0.3) is 5.69 Å². The van der Waals surface area contributed by atoms with E-state index in [0.29, 0.717) is 42.0 Å². The molecule has 0 bridgehead atoms. The topological polar surface area (TPSA) is 124 Å². The van der Waals surface area contributed by atoms with E-state index in [4.69, 9.17) is 14.2 Å². The number of unbranched alkanes of at least 4 members (excludes halogenated alkanes) is 1. The lowest BCUT2D eigenvalue weighted by Gasteiger charge is -2.34. The lowest BCUT2D eigenvalue weighted by Crippen LogP contribution is -2.41. The number of nitrogens with zero attached hydrogens (tertiary/aromatic N) is 3. The molecule has 2 N–H and O–H groups in total. The number of rotatable bonds is 14. The fraction of sp³-hybridized carbons (Fsp3) is 0.442. The number of carbonyl (C=O) groups is 3. The minimum absolute atomic E-state index is 0.0152. The number of carbonyl (C=O) groups excluding carboxylic acids is 3. The summed E-state index contributed by atoms with van der Waals surface area (Å²) in [5.74, 6) is 0.145. The molecule has 306 valence electrons. The Bertz CT molecular complexity index is 2010. The highest BCUT2D eigenvalue weighted by molar-refractivity contribution is 6.03. The first-order valence-corrected chi connectivity index (χ1v) is 19.2. The molecule has 1 aliphatic carbocycles. The molecular formula is C43H52F3N5O6. The highest BCUT2D eigenvalue weighted by Crippen LogP contribution is 2.38. The summed E-state index contributed by atoms with van der Waals surface area (Å²) >= 11 is 0. The minimum atomic E-state index is -4.84. The number of hydrogen-bond donors (Lipinski definition) is 2. The Labute approximate surface area is 331 Å². The van der Waals surface area contributed by atoms with Crippen LogP contribution in [0, 0.1) is 5.92 Å². The maximum absolute atomic E-state index is 14.0. The molecule has 3 aromatic carbocycles. The summed E-state index contributed by atoms with van der Waals surface area (Å²) in [4.78, 5) is 41.7. The van der Waals surface area contributed by atoms with Gasteiger partial charge in [-0.2, -0.15) is 18.3 Å². The van der Waals surface area contributed by atoms with Gasteiger partial charge < -0.3 is 24.8 Å². The van der Waals surface area contributed by atoms with E-state index in [-0.39, 0.29) is 23.6 Å². The van der Waals surface area contributed by atoms with Gasteiger partial charge in [0.05, 0.1) is 18.3 Å². The van der Waals surface area contributed by atoms with Crippen LogP contribution < -0.4 is 15.4 Å². The molecule has 1 saturated carbocycles. The Balaban J connectivity index is 1.47. The van der Waals surface area contributed by atoms with Gasteiger partial charge in [0.15, 0.2) is 5.69 Å². The fourth-order valence-corrected chi connectivity index (χ4v) is 5.96. The number of anilines is 1. The summed E-state index contributed by atoms with van der Waals surface area (Å²) in [5.41, 5.74) is -0.692. The standard InChI is InChI=1S/C43H52F3N5O6/c1-8-9-22-55-34-20-18-30(19-21-34)37(50(27-28-16-17-28)40(54)57-42(5,6)7)31-13-11-14-32(24-31)48-38(52)35-25-36(43(44,45)46)49-51(35)33-15-10-12-29(23-33)26-47-39(53)56-41(2,3)4/h10-15,18-21,23-25,28,37H,8-9,16-17,22,26-27H2,1-7H3,(H,47,53)(H,48,52). The first-order chi connectivity index (χ1) is 26.8. The molecule has 1 aliphatic rings. The molecular weight excluding hydrogens is 739 g/mol. The number of hydrogen-bond acceptors (Lipinski definition) is 7. The lowest BCUT2D eigenvalue weighted by atomic mass is 9.96. The largest absolute Gasteiger partial charge is 0.494 e. The van der Waals surface area contributed by atoms with E-state index >= 15 is 0 Å². The second kappa shape index (κ2) is 17.7. The summed E-state index contributed by atoms with van der Waals surface area (Å²) in [6.07, 6.45) is -2.14. The summed E-state index contributed by atoms with van der Waals surface area (Å²) < 4.78 is 60.1. The molecule has 14 heteroatoms. The van der Waals surface area contributed by atoms with Crippen molar-refractivity contribution in [3.05, 3.63) is 107 Å². The highest BCUT2D eigenvalue weighted by Gasteiger charge is 2.37. The van der Waals surface area contributed by atoms with Crippen LogP contribution >= 0.6 is 0 Å². The van der Waals surface area contributed by atoms with Crippen LogP contribution in [-0.4, -0.2) is 57.1 Å². The van der Waals surface area contributed by atoms with Crippen molar-refractivity contribution in [3.8, 4) is 11.4 Å². The first-order valence-electron chi connectivity index (χ1n) is 19.2. The van der Waals surface area contributed by atoms with Crippen molar-refractivity contribution in [2.24, 2.45) is 5.92 Å². The van der Waals surface area contributed by atoms with Crippen molar-refractivity contribution in [2.75, 3.05) is 18.5 Å². The van der Waals surface area contributed by atoms with Crippen LogP contribution in [0.1, 0.15) is 113 Å². The minimum Gasteiger partial charge on any atom is -0.494 e. The van der Waals surface area contributed by atoms with E-state index in [1.807, 2.05) is 30.3 Å². The monoisotopic (exact) mass is 791 g/mol. The number of aromatic nitrogens is 2.